The van der Waals surface area contributed by atoms with Crippen LogP contribution >= 0.6 is 11.6 Å². The first-order valence-corrected chi connectivity index (χ1v) is 7.04. The molecule has 0 bridgehead atoms. The first-order chi connectivity index (χ1) is 10.5. The van der Waals surface area contributed by atoms with E-state index in [0.29, 0.717) is 23.9 Å². The molecule has 1 heterocycles. The zero-order chi connectivity index (χ0) is 16.1. The Morgan fingerprint density at radius 3 is 2.82 bits per heavy atom. The molecule has 0 aliphatic heterocycles. The summed E-state index contributed by atoms with van der Waals surface area (Å²) in [6.07, 6.45) is 1.67. The van der Waals surface area contributed by atoms with Crippen LogP contribution in [0.4, 0.5) is 0 Å². The van der Waals surface area contributed by atoms with Gasteiger partial charge in [-0.05, 0) is 24.7 Å². The van der Waals surface area contributed by atoms with Crippen LogP contribution in [-0.4, -0.2) is 39.2 Å². The van der Waals surface area contributed by atoms with Gasteiger partial charge < -0.3 is 15.0 Å². The second-order valence-electron chi connectivity index (χ2n) is 5.05. The zero-order valence-corrected chi connectivity index (χ0v) is 13.2. The molecule has 1 aromatic heterocycles. The van der Waals surface area contributed by atoms with E-state index in [1.165, 1.54) is 0 Å². The third kappa shape index (κ3) is 4.44. The number of nitrogens with two attached hydrogens (primary N) is 1. The van der Waals surface area contributed by atoms with E-state index in [1.54, 1.807) is 12.4 Å². The van der Waals surface area contributed by atoms with Crippen molar-refractivity contribution < 1.29 is 9.53 Å². The van der Waals surface area contributed by atoms with Crippen LogP contribution in [0.1, 0.15) is 11.4 Å². The minimum absolute atomic E-state index is 0.189. The van der Waals surface area contributed by atoms with Gasteiger partial charge in [-0.25, -0.2) is 0 Å². The maximum atomic E-state index is 10.7. The van der Waals surface area contributed by atoms with E-state index in [1.807, 2.05) is 30.8 Å². The van der Waals surface area contributed by atoms with Crippen LogP contribution in [0.15, 0.2) is 24.5 Å². The lowest BCUT2D eigenvalue weighted by Crippen LogP contribution is -2.20. The van der Waals surface area contributed by atoms with Gasteiger partial charge in [0.2, 0.25) is 0 Å². The Balaban J connectivity index is 1.96. The molecule has 0 aliphatic carbocycles. The fourth-order valence-electron chi connectivity index (χ4n) is 1.97. The van der Waals surface area contributed by atoms with Crippen LogP contribution in [0.3, 0.4) is 0 Å². The first kappa shape index (κ1) is 16.3. The number of rotatable bonds is 7. The van der Waals surface area contributed by atoms with Crippen molar-refractivity contribution in [1.29, 1.82) is 0 Å². The second-order valence-corrected chi connectivity index (χ2v) is 5.46. The van der Waals surface area contributed by atoms with Gasteiger partial charge in [-0.1, -0.05) is 17.7 Å². The van der Waals surface area contributed by atoms with Crippen LogP contribution in [-0.2, 0) is 24.9 Å². The van der Waals surface area contributed by atoms with Gasteiger partial charge in [-0.2, -0.15) is 0 Å². The average Bonchev–Trinajstić information content (AvgIpc) is 2.83. The highest BCUT2D eigenvalue weighted by Gasteiger charge is 2.09. The number of ether oxygens (including phenoxy) is 1. The van der Waals surface area contributed by atoms with E-state index in [4.69, 9.17) is 22.1 Å². The molecule has 22 heavy (non-hydrogen) atoms. The molecule has 0 saturated carbocycles. The quantitative estimate of drug-likeness (QED) is 0.820. The third-order valence-corrected chi connectivity index (χ3v) is 3.33. The summed E-state index contributed by atoms with van der Waals surface area (Å²) in [5, 5.41) is 8.35. The lowest BCUT2D eigenvalue weighted by atomic mass is 10.2. The van der Waals surface area contributed by atoms with E-state index in [2.05, 4.69) is 15.1 Å². The average molecular weight is 324 g/mol. The highest BCUT2D eigenvalue weighted by molar-refractivity contribution is 6.32. The molecule has 8 heteroatoms. The van der Waals surface area contributed by atoms with E-state index < -0.39 is 5.91 Å². The highest BCUT2D eigenvalue weighted by atomic mass is 35.5. The van der Waals surface area contributed by atoms with Crippen molar-refractivity contribution in [2.24, 2.45) is 12.8 Å². The summed E-state index contributed by atoms with van der Waals surface area (Å²) in [5.41, 5.74) is 6.06. The second kappa shape index (κ2) is 7.24. The van der Waals surface area contributed by atoms with E-state index in [9.17, 15) is 4.79 Å². The summed E-state index contributed by atoms with van der Waals surface area (Å²) < 4.78 is 7.10. The molecule has 0 atom stereocenters. The van der Waals surface area contributed by atoms with E-state index >= 15 is 0 Å². The number of halogens is 1. The van der Waals surface area contributed by atoms with Crippen molar-refractivity contribution in [1.82, 2.24) is 19.7 Å². The van der Waals surface area contributed by atoms with Crippen LogP contribution in [0.2, 0.25) is 5.02 Å². The Morgan fingerprint density at radius 2 is 2.23 bits per heavy atom. The highest BCUT2D eigenvalue weighted by Crippen LogP contribution is 2.26. The number of hydrogen-bond acceptors (Lipinski definition) is 5. The summed E-state index contributed by atoms with van der Waals surface area (Å²) in [6, 6.07) is 5.44. The number of hydrogen-bond donors (Lipinski definition) is 1. The SMILES string of the molecule is CN(Cc1ccc(OCC(N)=O)c(Cl)c1)Cc1nncn1C. The topological polar surface area (TPSA) is 86.3 Å². The van der Waals surface area contributed by atoms with Gasteiger partial charge in [0.25, 0.3) is 5.91 Å². The smallest absolute Gasteiger partial charge is 0.255 e. The number of aryl methyl sites for hydroxylation is 1. The van der Waals surface area contributed by atoms with E-state index in [0.717, 1.165) is 11.4 Å². The summed E-state index contributed by atoms with van der Waals surface area (Å²) in [6.45, 7) is 1.18. The van der Waals surface area contributed by atoms with Crippen molar-refractivity contribution >= 4 is 17.5 Å². The van der Waals surface area contributed by atoms with Crippen LogP contribution in [0.25, 0.3) is 0 Å². The summed E-state index contributed by atoms with van der Waals surface area (Å²) in [5.74, 6) is 0.790. The molecule has 0 aliphatic rings. The minimum atomic E-state index is -0.538. The van der Waals surface area contributed by atoms with Crippen molar-refractivity contribution in [3.63, 3.8) is 0 Å². The fraction of sp³-hybridized carbons (Fsp3) is 0.357. The monoisotopic (exact) mass is 323 g/mol. The molecule has 2 aromatic rings. The maximum absolute atomic E-state index is 10.7. The van der Waals surface area contributed by atoms with Gasteiger partial charge >= 0.3 is 0 Å². The van der Waals surface area contributed by atoms with Crippen LogP contribution < -0.4 is 10.5 Å². The number of carbonyl (C=O) groups is 1. The molecule has 0 unspecified atom stereocenters. The molecular formula is C14H18ClN5O2. The third-order valence-electron chi connectivity index (χ3n) is 3.04. The van der Waals surface area contributed by atoms with Gasteiger partial charge in [0.1, 0.15) is 17.9 Å². The number of benzene rings is 1. The number of aromatic nitrogens is 3. The van der Waals surface area contributed by atoms with Gasteiger partial charge in [0, 0.05) is 13.6 Å². The number of nitrogens with zero attached hydrogens (tertiary/aromatic N) is 4. The van der Waals surface area contributed by atoms with Crippen molar-refractivity contribution in [3.05, 3.63) is 40.9 Å². The standard InChI is InChI=1S/C14H18ClN5O2/c1-19(7-14-18-17-9-20(14)2)6-10-3-4-12(11(15)5-10)22-8-13(16)21/h3-5,9H,6-8H2,1-2H3,(H2,16,21). The Bertz CT molecular complexity index is 658. The van der Waals surface area contributed by atoms with Gasteiger partial charge in [-0.15, -0.1) is 10.2 Å². The number of primary amides is 1. The minimum Gasteiger partial charge on any atom is -0.482 e. The number of amides is 1. The molecule has 0 fully saturated rings. The Hall–Kier alpha value is -2.12. The Labute approximate surface area is 133 Å². The molecule has 0 saturated heterocycles. The predicted molar refractivity (Wildman–Crippen MR) is 82.3 cm³/mol. The first-order valence-electron chi connectivity index (χ1n) is 6.66. The van der Waals surface area contributed by atoms with Gasteiger partial charge in [0.15, 0.2) is 6.61 Å². The number of carbonyl (C=O) groups excluding carboxylic acids is 1. The molecule has 0 spiro atoms. The van der Waals surface area contributed by atoms with Crippen molar-refractivity contribution in [2.45, 2.75) is 13.1 Å². The molecule has 0 radical (unpaired) electrons. The molecule has 7 nitrogen and oxygen atoms in total. The van der Waals surface area contributed by atoms with E-state index in [-0.39, 0.29) is 6.61 Å². The zero-order valence-electron chi connectivity index (χ0n) is 12.5. The van der Waals surface area contributed by atoms with Crippen LogP contribution in [0, 0.1) is 0 Å². The summed E-state index contributed by atoms with van der Waals surface area (Å²) >= 11 is 6.14. The lowest BCUT2D eigenvalue weighted by molar-refractivity contribution is -0.119. The largest absolute Gasteiger partial charge is 0.482 e. The van der Waals surface area contributed by atoms with Crippen molar-refractivity contribution in [3.8, 4) is 5.75 Å². The molecule has 1 amide bonds. The normalized spacial score (nSPS) is 10.9. The van der Waals surface area contributed by atoms with Crippen LogP contribution in [0.5, 0.6) is 5.75 Å². The van der Waals surface area contributed by atoms with Crippen molar-refractivity contribution in [2.75, 3.05) is 13.7 Å². The molecule has 118 valence electrons. The lowest BCUT2D eigenvalue weighted by Gasteiger charge is -2.16. The Kier molecular flexibility index (Phi) is 5.35. The molecule has 1 aromatic carbocycles. The summed E-state index contributed by atoms with van der Waals surface area (Å²) in [4.78, 5) is 12.8. The van der Waals surface area contributed by atoms with Gasteiger partial charge in [0.05, 0.1) is 11.6 Å². The molecule has 2 rings (SSSR count). The fourth-order valence-corrected chi connectivity index (χ4v) is 2.23. The summed E-state index contributed by atoms with van der Waals surface area (Å²) in [7, 11) is 3.89. The molecular weight excluding hydrogens is 306 g/mol. The van der Waals surface area contributed by atoms with Gasteiger partial charge in [-0.3, -0.25) is 9.69 Å². The Morgan fingerprint density at radius 1 is 1.45 bits per heavy atom. The predicted octanol–water partition coefficient (Wildman–Crippen LogP) is 0.965. The molecule has 2 N–H and O–H groups in total. The maximum Gasteiger partial charge on any atom is 0.255 e.